The van der Waals surface area contributed by atoms with Crippen LogP contribution in [0.5, 0.6) is 5.75 Å². The molecule has 0 bridgehead atoms. The molecule has 4 heterocycles. The molecule has 1 saturated carbocycles. The van der Waals surface area contributed by atoms with Crippen molar-refractivity contribution >= 4 is 11.8 Å². The van der Waals surface area contributed by atoms with Crippen LogP contribution in [-0.4, -0.2) is 94.4 Å². The molecule has 0 radical (unpaired) electrons. The number of fused-ring (bicyclic) bond motifs is 1. The van der Waals surface area contributed by atoms with E-state index >= 15 is 8.78 Å². The second kappa shape index (κ2) is 14.7. The van der Waals surface area contributed by atoms with Crippen LogP contribution in [0.2, 0.25) is 0 Å². The van der Waals surface area contributed by atoms with Crippen molar-refractivity contribution < 1.29 is 23.0 Å². The zero-order valence-electron chi connectivity index (χ0n) is 28.5. The summed E-state index contributed by atoms with van der Waals surface area (Å²) >= 11 is 0. The van der Waals surface area contributed by atoms with Crippen LogP contribution >= 0.6 is 0 Å². The van der Waals surface area contributed by atoms with Crippen molar-refractivity contribution in [1.82, 2.24) is 30.1 Å². The second-order valence-electron chi connectivity index (χ2n) is 14.0. The Hall–Kier alpha value is -3.90. The smallest absolute Gasteiger partial charge is 0.407 e. The summed E-state index contributed by atoms with van der Waals surface area (Å²) in [6.07, 6.45) is 6.10. The molecule has 1 N–H and O–H groups in total. The number of ether oxygens (including phenoxy) is 2. The number of amides is 1. The van der Waals surface area contributed by atoms with E-state index < -0.39 is 23.3 Å². The van der Waals surface area contributed by atoms with E-state index in [-0.39, 0.29) is 23.5 Å². The number of carbonyl (C=O) groups is 1. The number of likely N-dealkylation sites (N-methyl/N-ethyl adjacent to an activating group) is 1. The fourth-order valence-electron chi connectivity index (χ4n) is 6.85. The summed E-state index contributed by atoms with van der Waals surface area (Å²) in [5.41, 5.74) is 2.33. The Morgan fingerprint density at radius 2 is 1.73 bits per heavy atom. The van der Waals surface area contributed by atoms with Crippen LogP contribution in [-0.2, 0) is 17.7 Å². The van der Waals surface area contributed by atoms with E-state index in [4.69, 9.17) is 9.47 Å². The van der Waals surface area contributed by atoms with Gasteiger partial charge in [-0.2, -0.15) is 0 Å². The molecule has 0 unspecified atom stereocenters. The SMILES string of the molecule is CCN1CCN(Cc2ccc(Cc3ncc(F)c(-c4cc(F)c5c(c4)N(C4CCC(NC(=O)OC(C)(C)C)CC4)CCO5)n3)nc2)CC1. The molecule has 48 heavy (non-hydrogen) atoms. The van der Waals surface area contributed by atoms with Gasteiger partial charge in [0, 0.05) is 62.3 Å². The molecule has 2 fully saturated rings. The van der Waals surface area contributed by atoms with Crippen LogP contribution in [0.4, 0.5) is 19.3 Å². The van der Waals surface area contributed by atoms with Crippen molar-refractivity contribution in [3.8, 4) is 17.0 Å². The van der Waals surface area contributed by atoms with Gasteiger partial charge in [0.25, 0.3) is 0 Å². The molecule has 6 rings (SSSR count). The van der Waals surface area contributed by atoms with Crippen LogP contribution in [0.15, 0.2) is 36.7 Å². The molecule has 1 saturated heterocycles. The third kappa shape index (κ3) is 8.38. The molecule has 2 aromatic heterocycles. The number of nitrogens with one attached hydrogen (secondary N) is 1. The van der Waals surface area contributed by atoms with Crippen molar-refractivity contribution in [3.63, 3.8) is 0 Å². The maximum atomic E-state index is 15.5. The van der Waals surface area contributed by atoms with E-state index in [1.54, 1.807) is 6.07 Å². The van der Waals surface area contributed by atoms with E-state index in [1.165, 1.54) is 6.07 Å². The minimum absolute atomic E-state index is 0.0145. The highest BCUT2D eigenvalue weighted by atomic mass is 19.1. The van der Waals surface area contributed by atoms with Gasteiger partial charge in [-0.25, -0.2) is 23.5 Å². The number of hydrogen-bond donors (Lipinski definition) is 1. The van der Waals surface area contributed by atoms with Gasteiger partial charge in [0.1, 0.15) is 23.7 Å². The number of aromatic nitrogens is 3. The predicted octanol–water partition coefficient (Wildman–Crippen LogP) is 5.58. The van der Waals surface area contributed by atoms with E-state index in [9.17, 15) is 4.79 Å². The number of halogens is 2. The molecule has 3 aliphatic rings. The van der Waals surface area contributed by atoms with Crippen LogP contribution in [0.3, 0.4) is 0 Å². The van der Waals surface area contributed by atoms with Crippen LogP contribution < -0.4 is 15.0 Å². The van der Waals surface area contributed by atoms with Gasteiger partial charge in [0.2, 0.25) is 0 Å². The standard InChI is InChI=1S/C36H47F2N7O3/c1-5-43-12-14-44(15-13-43)23-24-6-7-27(39-21-24)20-32-40-22-30(38)33(42-32)25-18-29(37)34-31(19-25)45(16-17-47-34)28-10-8-26(9-11-28)41-35(46)48-36(2,3)4/h6-7,18-19,21-22,26,28H,5,8-17,20,23H2,1-4H3,(H,41,46). The molecule has 0 atom stereocenters. The Morgan fingerprint density at radius 1 is 0.979 bits per heavy atom. The summed E-state index contributed by atoms with van der Waals surface area (Å²) in [7, 11) is 0. The number of piperazine rings is 1. The van der Waals surface area contributed by atoms with E-state index in [2.05, 4.69) is 48.0 Å². The first kappa shape index (κ1) is 34.0. The topological polar surface area (TPSA) is 96.0 Å². The fourth-order valence-corrected chi connectivity index (χ4v) is 6.85. The lowest BCUT2D eigenvalue weighted by Crippen LogP contribution is -2.47. The second-order valence-corrected chi connectivity index (χ2v) is 14.0. The van der Waals surface area contributed by atoms with E-state index in [1.807, 2.05) is 33.0 Å². The summed E-state index contributed by atoms with van der Waals surface area (Å²) in [6, 6.07) is 7.24. The van der Waals surface area contributed by atoms with Crippen molar-refractivity contribution in [2.24, 2.45) is 0 Å². The molecule has 1 amide bonds. The van der Waals surface area contributed by atoms with Gasteiger partial charge in [-0.3, -0.25) is 9.88 Å². The van der Waals surface area contributed by atoms with Crippen molar-refractivity contribution in [1.29, 1.82) is 0 Å². The quantitative estimate of drug-likeness (QED) is 0.332. The Labute approximate surface area is 281 Å². The molecule has 258 valence electrons. The Morgan fingerprint density at radius 3 is 2.42 bits per heavy atom. The third-order valence-corrected chi connectivity index (χ3v) is 9.38. The largest absolute Gasteiger partial charge is 0.486 e. The number of hydrogen-bond acceptors (Lipinski definition) is 9. The maximum Gasteiger partial charge on any atom is 0.407 e. The van der Waals surface area contributed by atoms with Gasteiger partial charge in [-0.15, -0.1) is 0 Å². The van der Waals surface area contributed by atoms with E-state index in [0.29, 0.717) is 36.6 Å². The van der Waals surface area contributed by atoms with Crippen molar-refractivity contribution in [3.05, 3.63) is 65.4 Å². The Kier molecular flexibility index (Phi) is 10.4. The third-order valence-electron chi connectivity index (χ3n) is 9.38. The first-order chi connectivity index (χ1) is 23.0. The number of benzene rings is 1. The average Bonchev–Trinajstić information content (AvgIpc) is 3.06. The molecular weight excluding hydrogens is 616 g/mol. The summed E-state index contributed by atoms with van der Waals surface area (Å²) in [6.45, 7) is 14.9. The number of alkyl carbamates (subject to hydrolysis) is 1. The first-order valence-corrected chi connectivity index (χ1v) is 17.2. The van der Waals surface area contributed by atoms with Gasteiger partial charge in [0.15, 0.2) is 17.4 Å². The van der Waals surface area contributed by atoms with Gasteiger partial charge < -0.3 is 24.6 Å². The number of carbonyl (C=O) groups excluding carboxylic acids is 1. The van der Waals surface area contributed by atoms with Crippen molar-refractivity contribution in [2.75, 3.05) is 50.8 Å². The molecule has 2 aliphatic heterocycles. The molecule has 10 nitrogen and oxygen atoms in total. The molecule has 1 aromatic carbocycles. The van der Waals surface area contributed by atoms with Gasteiger partial charge in [-0.1, -0.05) is 13.0 Å². The van der Waals surface area contributed by atoms with Crippen LogP contribution in [0.1, 0.15) is 70.5 Å². The highest BCUT2D eigenvalue weighted by Crippen LogP contribution is 2.41. The fraction of sp³-hybridized carbons (Fsp3) is 0.556. The van der Waals surface area contributed by atoms with Gasteiger partial charge in [-0.05, 0) is 76.8 Å². The Bertz CT molecular complexity index is 1570. The lowest BCUT2D eigenvalue weighted by molar-refractivity contribution is 0.0491. The number of anilines is 1. The minimum Gasteiger partial charge on any atom is -0.486 e. The highest BCUT2D eigenvalue weighted by Gasteiger charge is 2.33. The lowest BCUT2D eigenvalue weighted by Gasteiger charge is -2.41. The minimum atomic E-state index is -0.624. The summed E-state index contributed by atoms with van der Waals surface area (Å²) in [4.78, 5) is 32.8. The zero-order chi connectivity index (χ0) is 33.8. The van der Waals surface area contributed by atoms with Crippen LogP contribution in [0, 0.1) is 11.6 Å². The summed E-state index contributed by atoms with van der Waals surface area (Å²) in [5, 5.41) is 2.98. The summed E-state index contributed by atoms with van der Waals surface area (Å²) in [5.74, 6) is -0.600. The van der Waals surface area contributed by atoms with Gasteiger partial charge >= 0.3 is 6.09 Å². The number of nitrogens with zero attached hydrogens (tertiary/aromatic N) is 6. The average molecular weight is 664 g/mol. The van der Waals surface area contributed by atoms with Crippen molar-refractivity contribution in [2.45, 2.75) is 84.0 Å². The highest BCUT2D eigenvalue weighted by molar-refractivity contribution is 5.72. The maximum absolute atomic E-state index is 15.5. The lowest BCUT2D eigenvalue weighted by atomic mass is 9.89. The monoisotopic (exact) mass is 663 g/mol. The van der Waals surface area contributed by atoms with Crippen LogP contribution in [0.25, 0.3) is 11.3 Å². The van der Waals surface area contributed by atoms with E-state index in [0.717, 1.165) is 82.4 Å². The molecule has 12 heteroatoms. The molecule has 3 aromatic rings. The first-order valence-electron chi connectivity index (χ1n) is 17.2. The van der Waals surface area contributed by atoms with Gasteiger partial charge in [0.05, 0.1) is 24.8 Å². The number of rotatable bonds is 8. The molecule has 1 aliphatic carbocycles. The zero-order valence-corrected chi connectivity index (χ0v) is 28.5. The molecule has 0 spiro atoms. The Balaban J connectivity index is 1.13. The number of pyridine rings is 1. The summed E-state index contributed by atoms with van der Waals surface area (Å²) < 4.78 is 41.9. The molecular formula is C36H47F2N7O3. The predicted molar refractivity (Wildman–Crippen MR) is 180 cm³/mol. The normalized spacial score (nSPS) is 20.6.